The minimum atomic E-state index is -0.420. The molecule has 0 aromatic heterocycles. The number of benzene rings is 1. The van der Waals surface area contributed by atoms with E-state index in [1.54, 1.807) is 12.1 Å². The van der Waals surface area contributed by atoms with Gasteiger partial charge in [-0.2, -0.15) is 0 Å². The van der Waals surface area contributed by atoms with Gasteiger partial charge in [0.2, 0.25) is 0 Å². The molecule has 2 nitrogen and oxygen atoms in total. The molecule has 1 aromatic carbocycles. The van der Waals surface area contributed by atoms with Crippen LogP contribution in [0.1, 0.15) is 32.3 Å². The SMILES string of the molecule is CCCC(C)COc1ccc(C#CCO)c(F)c1. The molecule has 3 heteroatoms. The second-order valence-corrected chi connectivity index (χ2v) is 4.31. The molecule has 0 saturated carbocycles. The van der Waals surface area contributed by atoms with E-state index >= 15 is 0 Å². The maximum absolute atomic E-state index is 13.6. The van der Waals surface area contributed by atoms with Gasteiger partial charge in [0.25, 0.3) is 0 Å². The molecule has 0 spiro atoms. The topological polar surface area (TPSA) is 29.5 Å². The van der Waals surface area contributed by atoms with E-state index < -0.39 is 5.82 Å². The van der Waals surface area contributed by atoms with Crippen molar-refractivity contribution in [3.63, 3.8) is 0 Å². The van der Waals surface area contributed by atoms with Gasteiger partial charge in [-0.3, -0.25) is 0 Å². The number of halogens is 1. The van der Waals surface area contributed by atoms with E-state index in [1.165, 1.54) is 6.07 Å². The van der Waals surface area contributed by atoms with Crippen LogP contribution >= 0.6 is 0 Å². The predicted molar refractivity (Wildman–Crippen MR) is 69.9 cm³/mol. The van der Waals surface area contributed by atoms with Crippen molar-refractivity contribution < 1.29 is 14.2 Å². The molecule has 1 unspecified atom stereocenters. The van der Waals surface area contributed by atoms with Gasteiger partial charge in [0, 0.05) is 6.07 Å². The molecule has 0 aliphatic heterocycles. The van der Waals surface area contributed by atoms with Crippen molar-refractivity contribution >= 4 is 0 Å². The number of hydrogen-bond donors (Lipinski definition) is 1. The first-order valence-electron chi connectivity index (χ1n) is 6.19. The minimum absolute atomic E-state index is 0.272. The lowest BCUT2D eigenvalue weighted by Gasteiger charge is -2.12. The minimum Gasteiger partial charge on any atom is -0.493 e. The van der Waals surface area contributed by atoms with Crippen LogP contribution in [0.25, 0.3) is 0 Å². The summed E-state index contributed by atoms with van der Waals surface area (Å²) in [5.74, 6) is 5.52. The third kappa shape index (κ3) is 4.77. The van der Waals surface area contributed by atoms with Crippen LogP contribution in [-0.2, 0) is 0 Å². The first-order valence-corrected chi connectivity index (χ1v) is 6.19. The van der Waals surface area contributed by atoms with E-state index in [1.807, 2.05) is 0 Å². The molecule has 0 radical (unpaired) electrons. The Morgan fingerprint density at radius 3 is 2.83 bits per heavy atom. The summed E-state index contributed by atoms with van der Waals surface area (Å²) < 4.78 is 19.1. The number of aliphatic hydroxyl groups is 1. The Labute approximate surface area is 108 Å². The van der Waals surface area contributed by atoms with Crippen molar-refractivity contribution in [3.05, 3.63) is 29.6 Å². The second-order valence-electron chi connectivity index (χ2n) is 4.31. The zero-order valence-electron chi connectivity index (χ0n) is 10.9. The summed E-state index contributed by atoms with van der Waals surface area (Å²) in [7, 11) is 0. The Morgan fingerprint density at radius 1 is 1.44 bits per heavy atom. The first-order chi connectivity index (χ1) is 8.67. The normalized spacial score (nSPS) is 11.6. The van der Waals surface area contributed by atoms with Crippen LogP contribution in [0.5, 0.6) is 5.75 Å². The van der Waals surface area contributed by atoms with Gasteiger partial charge < -0.3 is 9.84 Å². The molecule has 18 heavy (non-hydrogen) atoms. The van der Waals surface area contributed by atoms with Crippen LogP contribution in [0, 0.1) is 23.6 Å². The van der Waals surface area contributed by atoms with Crippen molar-refractivity contribution in [2.45, 2.75) is 26.7 Å². The molecule has 0 aliphatic carbocycles. The van der Waals surface area contributed by atoms with Crippen molar-refractivity contribution in [2.75, 3.05) is 13.2 Å². The van der Waals surface area contributed by atoms with Gasteiger partial charge in [-0.25, -0.2) is 4.39 Å². The van der Waals surface area contributed by atoms with Crippen LogP contribution in [0.4, 0.5) is 4.39 Å². The maximum Gasteiger partial charge on any atom is 0.142 e. The predicted octanol–water partition coefficient (Wildman–Crippen LogP) is 2.98. The number of ether oxygens (including phenoxy) is 1. The average Bonchev–Trinajstić information content (AvgIpc) is 2.35. The maximum atomic E-state index is 13.6. The van der Waals surface area contributed by atoms with Crippen LogP contribution in [0.3, 0.4) is 0 Å². The summed E-state index contributed by atoms with van der Waals surface area (Å²) in [6.45, 7) is 4.56. The van der Waals surface area contributed by atoms with Crippen molar-refractivity contribution in [2.24, 2.45) is 5.92 Å². The zero-order valence-corrected chi connectivity index (χ0v) is 10.9. The highest BCUT2D eigenvalue weighted by Gasteiger charge is 2.05. The van der Waals surface area contributed by atoms with E-state index in [4.69, 9.17) is 9.84 Å². The Bertz CT molecular complexity index is 432. The third-order valence-corrected chi connectivity index (χ3v) is 2.56. The fourth-order valence-electron chi connectivity index (χ4n) is 1.64. The highest BCUT2D eigenvalue weighted by molar-refractivity contribution is 5.39. The van der Waals surface area contributed by atoms with Crippen molar-refractivity contribution in [3.8, 4) is 17.6 Å². The molecule has 0 amide bonds. The third-order valence-electron chi connectivity index (χ3n) is 2.56. The standard InChI is InChI=1S/C15H19FO2/c1-3-5-12(2)11-18-14-8-7-13(6-4-9-17)15(16)10-14/h7-8,10,12,17H,3,5,9,11H2,1-2H3. The molecule has 1 atom stereocenters. The summed E-state index contributed by atoms with van der Waals surface area (Å²) >= 11 is 0. The molecule has 98 valence electrons. The van der Waals surface area contributed by atoms with E-state index in [-0.39, 0.29) is 12.2 Å². The summed E-state index contributed by atoms with van der Waals surface area (Å²) in [5, 5.41) is 8.55. The van der Waals surface area contributed by atoms with Crippen LogP contribution < -0.4 is 4.74 Å². The van der Waals surface area contributed by atoms with Crippen LogP contribution in [0.2, 0.25) is 0 Å². The molecule has 1 aromatic rings. The Morgan fingerprint density at radius 2 is 2.22 bits per heavy atom. The Hall–Kier alpha value is -1.53. The van der Waals surface area contributed by atoms with Crippen LogP contribution in [-0.4, -0.2) is 18.3 Å². The molecular weight excluding hydrogens is 231 g/mol. The number of aliphatic hydroxyl groups excluding tert-OH is 1. The largest absolute Gasteiger partial charge is 0.493 e. The van der Waals surface area contributed by atoms with Gasteiger partial charge in [0.15, 0.2) is 0 Å². The lowest BCUT2D eigenvalue weighted by molar-refractivity contribution is 0.250. The molecule has 0 fully saturated rings. The summed E-state index contributed by atoms with van der Waals surface area (Å²) in [6.07, 6.45) is 2.22. The summed E-state index contributed by atoms with van der Waals surface area (Å²) in [6, 6.07) is 4.60. The molecule has 0 aliphatic rings. The molecule has 1 N–H and O–H groups in total. The second kappa shape index (κ2) is 7.73. The fraction of sp³-hybridized carbons (Fsp3) is 0.467. The highest BCUT2D eigenvalue weighted by Crippen LogP contribution is 2.17. The molecule has 0 bridgehead atoms. The van der Waals surface area contributed by atoms with Crippen molar-refractivity contribution in [1.29, 1.82) is 0 Å². The lowest BCUT2D eigenvalue weighted by Crippen LogP contribution is -2.08. The summed E-state index contributed by atoms with van der Waals surface area (Å²) in [4.78, 5) is 0. The molecule has 0 heterocycles. The van der Waals surface area contributed by atoms with Gasteiger partial charge in [0.1, 0.15) is 18.2 Å². The Balaban J connectivity index is 2.61. The van der Waals surface area contributed by atoms with Gasteiger partial charge in [0.05, 0.1) is 12.2 Å². The highest BCUT2D eigenvalue weighted by atomic mass is 19.1. The molecular formula is C15H19FO2. The number of hydrogen-bond acceptors (Lipinski definition) is 2. The zero-order chi connectivity index (χ0) is 13.4. The summed E-state index contributed by atoms with van der Waals surface area (Å²) in [5.41, 5.74) is 0.276. The van der Waals surface area contributed by atoms with Gasteiger partial charge >= 0.3 is 0 Å². The Kier molecular flexibility index (Phi) is 6.24. The first kappa shape index (κ1) is 14.5. The number of rotatable bonds is 5. The van der Waals surface area contributed by atoms with Crippen LogP contribution in [0.15, 0.2) is 18.2 Å². The van der Waals surface area contributed by atoms with E-state index in [0.717, 1.165) is 12.8 Å². The van der Waals surface area contributed by atoms with E-state index in [9.17, 15) is 4.39 Å². The average molecular weight is 250 g/mol. The van der Waals surface area contributed by atoms with Gasteiger partial charge in [-0.15, -0.1) is 0 Å². The van der Waals surface area contributed by atoms with Gasteiger partial charge in [-0.05, 0) is 24.5 Å². The quantitative estimate of drug-likeness (QED) is 0.814. The molecule has 1 rings (SSSR count). The van der Waals surface area contributed by atoms with E-state index in [2.05, 4.69) is 25.7 Å². The molecule has 0 saturated heterocycles. The van der Waals surface area contributed by atoms with E-state index in [0.29, 0.717) is 18.3 Å². The fourth-order valence-corrected chi connectivity index (χ4v) is 1.64. The smallest absolute Gasteiger partial charge is 0.142 e. The lowest BCUT2D eigenvalue weighted by atomic mass is 10.1. The van der Waals surface area contributed by atoms with Gasteiger partial charge in [-0.1, -0.05) is 32.1 Å². The monoisotopic (exact) mass is 250 g/mol. The van der Waals surface area contributed by atoms with Crippen molar-refractivity contribution in [1.82, 2.24) is 0 Å².